The summed E-state index contributed by atoms with van der Waals surface area (Å²) in [5.74, 6) is 0.787. The standard InChI is InChI=1S/C19H24Cl2N4O2/c1-4-5-19(26)23-25(11-13(2)27-14(3)12-25)18-8-9-24(22-18)15-6-7-16(20)17(21)10-15/h6-10,13-14H,4-5,11-12H2,1-3H3/p+1. The SMILES string of the molecule is CCCC(=O)N[N+]1(c2ccn(-c3ccc(Cl)c(Cl)c3)n2)CC(C)OC(C)C1. The van der Waals surface area contributed by atoms with Gasteiger partial charge in [0.15, 0.2) is 0 Å². The molecule has 8 heteroatoms. The molecule has 3 rings (SSSR count). The number of ether oxygens (including phenoxy) is 1. The second-order valence-corrected chi connectivity index (χ2v) is 7.91. The van der Waals surface area contributed by atoms with E-state index in [2.05, 4.69) is 5.43 Å². The highest BCUT2D eigenvalue weighted by Crippen LogP contribution is 2.28. The molecule has 1 aliphatic rings. The van der Waals surface area contributed by atoms with Gasteiger partial charge in [0.1, 0.15) is 25.3 Å². The van der Waals surface area contributed by atoms with E-state index in [1.165, 1.54) is 0 Å². The smallest absolute Gasteiger partial charge is 0.271 e. The Morgan fingerprint density at radius 3 is 2.59 bits per heavy atom. The molecule has 2 unspecified atom stereocenters. The van der Waals surface area contributed by atoms with Gasteiger partial charge >= 0.3 is 0 Å². The van der Waals surface area contributed by atoms with Crippen molar-refractivity contribution >= 4 is 34.9 Å². The van der Waals surface area contributed by atoms with Crippen molar-refractivity contribution in [3.63, 3.8) is 0 Å². The normalized spacial score (nSPS) is 25.4. The van der Waals surface area contributed by atoms with Gasteiger partial charge in [-0.15, -0.1) is 5.10 Å². The van der Waals surface area contributed by atoms with Gasteiger partial charge in [-0.3, -0.25) is 4.79 Å². The van der Waals surface area contributed by atoms with E-state index in [9.17, 15) is 4.79 Å². The molecule has 1 aromatic carbocycles. The largest absolute Gasteiger partial charge is 0.364 e. The van der Waals surface area contributed by atoms with E-state index in [4.69, 9.17) is 33.0 Å². The average Bonchev–Trinajstić information content (AvgIpc) is 3.07. The molecule has 1 fully saturated rings. The van der Waals surface area contributed by atoms with Crippen molar-refractivity contribution in [2.45, 2.75) is 45.8 Å². The van der Waals surface area contributed by atoms with Crippen molar-refractivity contribution in [1.82, 2.24) is 19.8 Å². The number of carbonyl (C=O) groups is 1. The van der Waals surface area contributed by atoms with Crippen LogP contribution in [0.3, 0.4) is 0 Å². The maximum absolute atomic E-state index is 12.4. The lowest BCUT2D eigenvalue weighted by molar-refractivity contribution is -0.132. The summed E-state index contributed by atoms with van der Waals surface area (Å²) >= 11 is 12.1. The molecule has 0 radical (unpaired) electrons. The van der Waals surface area contributed by atoms with Crippen molar-refractivity contribution in [2.75, 3.05) is 13.1 Å². The molecule has 146 valence electrons. The van der Waals surface area contributed by atoms with E-state index in [1.807, 2.05) is 39.1 Å². The van der Waals surface area contributed by atoms with Gasteiger partial charge in [-0.05, 0) is 38.5 Å². The Kier molecular flexibility index (Phi) is 6.11. The number of amides is 1. The molecule has 1 N–H and O–H groups in total. The highest BCUT2D eigenvalue weighted by atomic mass is 35.5. The number of hydrogen-bond donors (Lipinski definition) is 1. The van der Waals surface area contributed by atoms with Gasteiger partial charge in [-0.25, -0.2) is 4.68 Å². The number of nitrogens with one attached hydrogen (secondary N) is 1. The average molecular weight is 412 g/mol. The lowest BCUT2D eigenvalue weighted by atomic mass is 10.2. The number of nitrogens with zero attached hydrogens (tertiary/aromatic N) is 3. The zero-order chi connectivity index (χ0) is 19.6. The van der Waals surface area contributed by atoms with Crippen LogP contribution in [-0.2, 0) is 9.53 Å². The second kappa shape index (κ2) is 8.19. The first kappa shape index (κ1) is 20.1. The van der Waals surface area contributed by atoms with Crippen LogP contribution in [-0.4, -0.2) is 41.0 Å². The van der Waals surface area contributed by atoms with Crippen LogP contribution < -0.4 is 10.0 Å². The summed E-state index contributed by atoms with van der Waals surface area (Å²) in [6.45, 7) is 7.28. The summed E-state index contributed by atoms with van der Waals surface area (Å²) in [4.78, 5) is 12.4. The van der Waals surface area contributed by atoms with E-state index in [0.717, 1.165) is 17.9 Å². The number of morpholine rings is 1. The lowest BCUT2D eigenvalue weighted by Gasteiger charge is -2.42. The predicted molar refractivity (Wildman–Crippen MR) is 108 cm³/mol. The quantitative estimate of drug-likeness (QED) is 0.752. The van der Waals surface area contributed by atoms with Crippen LogP contribution in [0.2, 0.25) is 10.0 Å². The fourth-order valence-electron chi connectivity index (χ4n) is 3.61. The lowest BCUT2D eigenvalue weighted by Crippen LogP contribution is -2.69. The van der Waals surface area contributed by atoms with Crippen molar-refractivity contribution in [1.29, 1.82) is 0 Å². The van der Waals surface area contributed by atoms with Gasteiger partial charge in [0.05, 0.1) is 15.7 Å². The van der Waals surface area contributed by atoms with Crippen LogP contribution >= 0.6 is 23.2 Å². The van der Waals surface area contributed by atoms with Crippen LogP contribution in [0.15, 0.2) is 30.5 Å². The molecule has 0 bridgehead atoms. The van der Waals surface area contributed by atoms with E-state index in [0.29, 0.717) is 29.6 Å². The molecular weight excluding hydrogens is 387 g/mol. The number of quaternary nitrogens is 1. The molecule has 27 heavy (non-hydrogen) atoms. The van der Waals surface area contributed by atoms with Crippen LogP contribution in [0.5, 0.6) is 0 Å². The molecular formula is C19H25Cl2N4O2+. The van der Waals surface area contributed by atoms with Crippen molar-refractivity contribution in [3.8, 4) is 5.69 Å². The van der Waals surface area contributed by atoms with Crippen molar-refractivity contribution in [3.05, 3.63) is 40.5 Å². The van der Waals surface area contributed by atoms with Gasteiger partial charge < -0.3 is 4.74 Å². The first-order chi connectivity index (χ1) is 12.8. The predicted octanol–water partition coefficient (Wildman–Crippen LogP) is 4.12. The maximum atomic E-state index is 12.4. The third-order valence-corrected chi connectivity index (χ3v) is 5.34. The van der Waals surface area contributed by atoms with Crippen molar-refractivity contribution < 1.29 is 9.53 Å². The number of aromatic nitrogens is 2. The highest BCUT2D eigenvalue weighted by molar-refractivity contribution is 6.42. The summed E-state index contributed by atoms with van der Waals surface area (Å²) in [6, 6.07) is 7.30. The molecule has 0 saturated carbocycles. The van der Waals surface area contributed by atoms with Crippen LogP contribution in [0.4, 0.5) is 5.82 Å². The summed E-state index contributed by atoms with van der Waals surface area (Å²) in [5, 5.41) is 5.72. The Morgan fingerprint density at radius 1 is 1.26 bits per heavy atom. The molecule has 0 aliphatic carbocycles. The Morgan fingerprint density at radius 2 is 1.96 bits per heavy atom. The third-order valence-electron chi connectivity index (χ3n) is 4.60. The zero-order valence-electron chi connectivity index (χ0n) is 15.8. The third kappa shape index (κ3) is 4.46. The molecule has 1 aliphatic heterocycles. The van der Waals surface area contributed by atoms with Crippen LogP contribution in [0.25, 0.3) is 5.69 Å². The molecule has 0 spiro atoms. The number of carbonyl (C=O) groups excluding carboxylic acids is 1. The van der Waals surface area contributed by atoms with E-state index >= 15 is 0 Å². The Hall–Kier alpha value is -1.60. The Labute approximate surface area is 169 Å². The summed E-state index contributed by atoms with van der Waals surface area (Å²) in [6.07, 6.45) is 3.16. The second-order valence-electron chi connectivity index (χ2n) is 7.09. The van der Waals surface area contributed by atoms with E-state index in [1.54, 1.807) is 16.8 Å². The van der Waals surface area contributed by atoms with Gasteiger partial charge in [0.25, 0.3) is 11.7 Å². The Bertz CT molecular complexity index is 814. The van der Waals surface area contributed by atoms with Gasteiger partial charge in [-0.2, -0.15) is 10.0 Å². The number of rotatable bonds is 5. The van der Waals surface area contributed by atoms with E-state index < -0.39 is 0 Å². The molecule has 1 aromatic heterocycles. The summed E-state index contributed by atoms with van der Waals surface area (Å²) < 4.78 is 7.91. The van der Waals surface area contributed by atoms with Crippen molar-refractivity contribution in [2.24, 2.45) is 0 Å². The molecule has 2 heterocycles. The monoisotopic (exact) mass is 411 g/mol. The molecule has 1 saturated heterocycles. The number of halogens is 2. The highest BCUT2D eigenvalue weighted by Gasteiger charge is 2.43. The minimum Gasteiger partial charge on any atom is -0.364 e. The molecule has 2 atom stereocenters. The minimum atomic E-state index is 0.00537. The Balaban J connectivity index is 1.96. The van der Waals surface area contributed by atoms with Gasteiger partial charge in [0, 0.05) is 18.7 Å². The van der Waals surface area contributed by atoms with Gasteiger partial charge in [-0.1, -0.05) is 30.1 Å². The fourth-order valence-corrected chi connectivity index (χ4v) is 3.90. The minimum absolute atomic E-state index is 0.00537. The number of hydrogen-bond acceptors (Lipinski definition) is 3. The number of benzene rings is 1. The summed E-state index contributed by atoms with van der Waals surface area (Å²) in [7, 11) is 0. The first-order valence-electron chi connectivity index (χ1n) is 9.18. The van der Waals surface area contributed by atoms with Crippen LogP contribution in [0.1, 0.15) is 33.6 Å². The summed E-state index contributed by atoms with van der Waals surface area (Å²) in [5.41, 5.74) is 4.00. The zero-order valence-corrected chi connectivity index (χ0v) is 17.3. The molecule has 6 nitrogen and oxygen atoms in total. The first-order valence-corrected chi connectivity index (χ1v) is 9.94. The van der Waals surface area contributed by atoms with Gasteiger partial charge in [0.2, 0.25) is 0 Å². The molecule has 2 aromatic rings. The fraction of sp³-hybridized carbons (Fsp3) is 0.474. The maximum Gasteiger partial charge on any atom is 0.271 e. The van der Waals surface area contributed by atoms with E-state index in [-0.39, 0.29) is 22.7 Å². The van der Waals surface area contributed by atoms with Crippen LogP contribution in [0, 0.1) is 0 Å². The topological polar surface area (TPSA) is 56.2 Å². The molecule has 1 amide bonds.